The molecule has 3 heteroatoms. The second-order valence-electron chi connectivity index (χ2n) is 5.01. The molecule has 1 aliphatic rings. The minimum atomic E-state index is 0.549. The van der Waals surface area contributed by atoms with E-state index in [0.29, 0.717) is 12.0 Å². The molecule has 0 radical (unpaired) electrons. The van der Waals surface area contributed by atoms with Gasteiger partial charge in [-0.1, -0.05) is 19.9 Å². The largest absolute Gasteiger partial charge is 0.495 e. The average molecular weight is 234 g/mol. The fraction of sp³-hybridized carbons (Fsp3) is 0.571. The van der Waals surface area contributed by atoms with Gasteiger partial charge in [-0.3, -0.25) is 0 Å². The predicted molar refractivity (Wildman–Crippen MR) is 72.1 cm³/mol. The first-order valence-electron chi connectivity index (χ1n) is 6.25. The zero-order valence-electron chi connectivity index (χ0n) is 11.2. The van der Waals surface area contributed by atoms with E-state index in [1.54, 1.807) is 7.11 Å². The smallest absolute Gasteiger partial charge is 0.142 e. The van der Waals surface area contributed by atoms with E-state index in [1.807, 2.05) is 0 Å². The Morgan fingerprint density at radius 3 is 2.53 bits per heavy atom. The highest BCUT2D eigenvalue weighted by molar-refractivity contribution is 5.61. The molecule has 1 saturated heterocycles. The van der Waals surface area contributed by atoms with Crippen LogP contribution < -0.4 is 15.0 Å². The number of hydrogen-bond acceptors (Lipinski definition) is 3. The van der Waals surface area contributed by atoms with Gasteiger partial charge in [-0.2, -0.15) is 0 Å². The molecule has 0 spiro atoms. The number of likely N-dealkylation sites (N-methyl/N-ethyl adjacent to an activating group) is 1. The first kappa shape index (κ1) is 12.2. The monoisotopic (exact) mass is 234 g/mol. The summed E-state index contributed by atoms with van der Waals surface area (Å²) < 4.78 is 5.46. The molecule has 1 N–H and O–H groups in total. The molecule has 0 aliphatic carbocycles. The van der Waals surface area contributed by atoms with Crippen LogP contribution in [0.5, 0.6) is 5.75 Å². The topological polar surface area (TPSA) is 24.5 Å². The summed E-state index contributed by atoms with van der Waals surface area (Å²) in [6.07, 6.45) is 0. The van der Waals surface area contributed by atoms with Gasteiger partial charge in [0.15, 0.2) is 0 Å². The second-order valence-corrected chi connectivity index (χ2v) is 5.01. The number of benzene rings is 1. The summed E-state index contributed by atoms with van der Waals surface area (Å²) in [4.78, 5) is 2.32. The number of methoxy groups -OCH3 is 1. The van der Waals surface area contributed by atoms with Gasteiger partial charge in [0.05, 0.1) is 18.8 Å². The predicted octanol–water partition coefficient (Wildman–Crippen LogP) is 2.23. The van der Waals surface area contributed by atoms with E-state index in [0.717, 1.165) is 18.8 Å². The Morgan fingerprint density at radius 1 is 1.35 bits per heavy atom. The Hall–Kier alpha value is -1.22. The second kappa shape index (κ2) is 4.96. The molecule has 2 rings (SSSR count). The van der Waals surface area contributed by atoms with Crippen molar-refractivity contribution in [3.8, 4) is 5.75 Å². The first-order chi connectivity index (χ1) is 8.13. The summed E-state index contributed by atoms with van der Waals surface area (Å²) in [7, 11) is 3.88. The Kier molecular flexibility index (Phi) is 3.57. The van der Waals surface area contributed by atoms with Crippen LogP contribution in [0.15, 0.2) is 18.2 Å². The first-order valence-corrected chi connectivity index (χ1v) is 6.25. The molecule has 94 valence electrons. The SMILES string of the molecule is COc1ccc(C(C)C)cc1N(C)C1CNC1. The maximum absolute atomic E-state index is 5.46. The summed E-state index contributed by atoms with van der Waals surface area (Å²) in [5, 5.41) is 3.30. The van der Waals surface area contributed by atoms with Gasteiger partial charge in [-0.25, -0.2) is 0 Å². The van der Waals surface area contributed by atoms with Gasteiger partial charge < -0.3 is 15.0 Å². The Labute approximate surface area is 104 Å². The lowest BCUT2D eigenvalue weighted by Gasteiger charge is -2.38. The molecule has 1 fully saturated rings. The van der Waals surface area contributed by atoms with Crippen molar-refractivity contribution >= 4 is 5.69 Å². The van der Waals surface area contributed by atoms with Gasteiger partial charge in [0.2, 0.25) is 0 Å². The van der Waals surface area contributed by atoms with E-state index in [-0.39, 0.29) is 0 Å². The average Bonchev–Trinajstić information content (AvgIpc) is 2.25. The molecule has 1 aromatic rings. The van der Waals surface area contributed by atoms with Gasteiger partial charge in [-0.15, -0.1) is 0 Å². The number of ether oxygens (including phenoxy) is 1. The van der Waals surface area contributed by atoms with Gasteiger partial charge in [0, 0.05) is 20.1 Å². The summed E-state index contributed by atoms with van der Waals surface area (Å²) in [5.41, 5.74) is 2.56. The van der Waals surface area contributed by atoms with Crippen LogP contribution in [0.1, 0.15) is 25.3 Å². The highest BCUT2D eigenvalue weighted by Crippen LogP contribution is 2.32. The van der Waals surface area contributed by atoms with Gasteiger partial charge in [0.25, 0.3) is 0 Å². The van der Waals surface area contributed by atoms with Crippen LogP contribution in [0.25, 0.3) is 0 Å². The van der Waals surface area contributed by atoms with E-state index >= 15 is 0 Å². The maximum atomic E-state index is 5.46. The molecule has 1 heterocycles. The molecular formula is C14H22N2O. The van der Waals surface area contributed by atoms with E-state index in [4.69, 9.17) is 4.74 Å². The van der Waals surface area contributed by atoms with Crippen molar-refractivity contribution < 1.29 is 4.74 Å². The molecule has 1 aliphatic heterocycles. The minimum Gasteiger partial charge on any atom is -0.495 e. The Bertz CT molecular complexity index is 386. The minimum absolute atomic E-state index is 0.549. The van der Waals surface area contributed by atoms with Crippen LogP contribution in [-0.4, -0.2) is 33.3 Å². The van der Waals surface area contributed by atoms with E-state index in [2.05, 4.69) is 49.3 Å². The Morgan fingerprint density at radius 2 is 2.06 bits per heavy atom. The van der Waals surface area contributed by atoms with Crippen molar-refractivity contribution in [2.24, 2.45) is 0 Å². The maximum Gasteiger partial charge on any atom is 0.142 e. The lowest BCUT2D eigenvalue weighted by molar-refractivity contribution is 0.400. The van der Waals surface area contributed by atoms with Gasteiger partial charge in [-0.05, 0) is 23.6 Å². The number of rotatable bonds is 4. The molecule has 3 nitrogen and oxygen atoms in total. The number of anilines is 1. The third kappa shape index (κ3) is 2.39. The summed E-state index contributed by atoms with van der Waals surface area (Å²) >= 11 is 0. The van der Waals surface area contributed by atoms with Crippen molar-refractivity contribution in [3.63, 3.8) is 0 Å². The van der Waals surface area contributed by atoms with Crippen LogP contribution in [0.2, 0.25) is 0 Å². The molecule has 0 unspecified atom stereocenters. The van der Waals surface area contributed by atoms with E-state index in [1.165, 1.54) is 11.3 Å². The summed E-state index contributed by atoms with van der Waals surface area (Å²) in [6, 6.07) is 7.07. The molecule has 1 aromatic carbocycles. The third-order valence-corrected chi connectivity index (χ3v) is 3.56. The van der Waals surface area contributed by atoms with Crippen molar-refractivity contribution in [1.82, 2.24) is 5.32 Å². The molecule has 0 aromatic heterocycles. The number of nitrogens with zero attached hydrogens (tertiary/aromatic N) is 1. The molecule has 17 heavy (non-hydrogen) atoms. The normalized spacial score (nSPS) is 15.8. The van der Waals surface area contributed by atoms with Gasteiger partial charge in [0.1, 0.15) is 5.75 Å². The van der Waals surface area contributed by atoms with E-state index in [9.17, 15) is 0 Å². The molecule has 0 bridgehead atoms. The molecular weight excluding hydrogens is 212 g/mol. The summed E-state index contributed by atoms with van der Waals surface area (Å²) in [5.74, 6) is 1.51. The zero-order valence-corrected chi connectivity index (χ0v) is 11.2. The fourth-order valence-electron chi connectivity index (χ4n) is 2.09. The molecule has 0 atom stereocenters. The van der Waals surface area contributed by atoms with Gasteiger partial charge >= 0.3 is 0 Å². The van der Waals surface area contributed by atoms with Crippen molar-refractivity contribution in [3.05, 3.63) is 23.8 Å². The zero-order chi connectivity index (χ0) is 12.4. The van der Waals surface area contributed by atoms with Crippen molar-refractivity contribution in [2.75, 3.05) is 32.1 Å². The van der Waals surface area contributed by atoms with Crippen LogP contribution in [0, 0.1) is 0 Å². The summed E-state index contributed by atoms with van der Waals surface area (Å²) in [6.45, 7) is 6.56. The third-order valence-electron chi connectivity index (χ3n) is 3.56. The molecule has 0 amide bonds. The highest BCUT2D eigenvalue weighted by atomic mass is 16.5. The Balaban J connectivity index is 2.30. The standard InChI is InChI=1S/C14H22N2O/c1-10(2)11-5-6-14(17-4)13(7-11)16(3)12-8-15-9-12/h5-7,10,12,15H,8-9H2,1-4H3. The molecule has 0 saturated carbocycles. The lowest BCUT2D eigenvalue weighted by atomic mass is 10.0. The van der Waals surface area contributed by atoms with Crippen LogP contribution in [-0.2, 0) is 0 Å². The van der Waals surface area contributed by atoms with E-state index < -0.39 is 0 Å². The lowest BCUT2D eigenvalue weighted by Crippen LogP contribution is -2.56. The van der Waals surface area contributed by atoms with Crippen LogP contribution in [0.4, 0.5) is 5.69 Å². The number of nitrogens with one attached hydrogen (secondary N) is 1. The number of hydrogen-bond donors (Lipinski definition) is 1. The van der Waals surface area contributed by atoms with Crippen LogP contribution >= 0.6 is 0 Å². The fourth-order valence-corrected chi connectivity index (χ4v) is 2.09. The highest BCUT2D eigenvalue weighted by Gasteiger charge is 2.24. The van der Waals surface area contributed by atoms with Crippen molar-refractivity contribution in [2.45, 2.75) is 25.8 Å². The van der Waals surface area contributed by atoms with Crippen LogP contribution in [0.3, 0.4) is 0 Å². The quantitative estimate of drug-likeness (QED) is 0.864. The van der Waals surface area contributed by atoms with Crippen molar-refractivity contribution in [1.29, 1.82) is 0 Å².